The summed E-state index contributed by atoms with van der Waals surface area (Å²) in [6.45, 7) is 1.88. The fourth-order valence-electron chi connectivity index (χ4n) is 0.994. The minimum absolute atomic E-state index is 0.485. The molecule has 0 aromatic carbocycles. The molecule has 64 valence electrons. The maximum atomic E-state index is 10.5. The van der Waals surface area contributed by atoms with Gasteiger partial charge in [0.05, 0.1) is 0 Å². The monoisotopic (exact) mass is 164 g/mol. The molecule has 0 aliphatic carbocycles. The van der Waals surface area contributed by atoms with Crippen LogP contribution < -0.4 is 4.90 Å². The number of hydrogen-bond acceptors (Lipinski definition) is 3. The number of aryl methyl sites for hydroxylation is 1. The standard InChI is InChI=1S/C9H12N2O/c1-7-4-9(11(2)3)5-8(6-12)10-7/h4-6H,1-3H3. The van der Waals surface area contributed by atoms with Crippen LogP contribution in [0.1, 0.15) is 16.2 Å². The van der Waals surface area contributed by atoms with E-state index in [1.54, 1.807) is 6.07 Å². The summed E-state index contributed by atoms with van der Waals surface area (Å²) in [7, 11) is 3.87. The Balaban J connectivity index is 3.14. The van der Waals surface area contributed by atoms with Crippen molar-refractivity contribution in [3.05, 3.63) is 23.5 Å². The third-order valence-electron chi connectivity index (χ3n) is 1.60. The van der Waals surface area contributed by atoms with E-state index in [0.717, 1.165) is 17.7 Å². The molecule has 3 nitrogen and oxygen atoms in total. The summed E-state index contributed by atoms with van der Waals surface area (Å²) in [4.78, 5) is 16.4. The van der Waals surface area contributed by atoms with Gasteiger partial charge in [-0.15, -0.1) is 0 Å². The maximum absolute atomic E-state index is 10.5. The first-order valence-electron chi connectivity index (χ1n) is 3.74. The highest BCUT2D eigenvalue weighted by Gasteiger charge is 1.99. The molecule has 0 bridgehead atoms. The van der Waals surface area contributed by atoms with Crippen molar-refractivity contribution in [3.8, 4) is 0 Å². The summed E-state index contributed by atoms with van der Waals surface area (Å²) in [6.07, 6.45) is 0.764. The van der Waals surface area contributed by atoms with Gasteiger partial charge in [-0.05, 0) is 19.1 Å². The zero-order valence-electron chi connectivity index (χ0n) is 7.53. The molecule has 0 N–H and O–H groups in total. The van der Waals surface area contributed by atoms with Crippen LogP contribution in [0.4, 0.5) is 5.69 Å². The summed E-state index contributed by atoms with van der Waals surface area (Å²) >= 11 is 0. The van der Waals surface area contributed by atoms with Gasteiger partial charge >= 0.3 is 0 Å². The third kappa shape index (κ3) is 1.81. The van der Waals surface area contributed by atoms with Gasteiger partial charge in [0.1, 0.15) is 5.69 Å². The largest absolute Gasteiger partial charge is 0.378 e. The van der Waals surface area contributed by atoms with Gasteiger partial charge in [0, 0.05) is 25.5 Å². The van der Waals surface area contributed by atoms with Crippen molar-refractivity contribution < 1.29 is 4.79 Å². The summed E-state index contributed by atoms with van der Waals surface area (Å²) in [5.74, 6) is 0. The molecule has 12 heavy (non-hydrogen) atoms. The van der Waals surface area contributed by atoms with Gasteiger partial charge in [0.15, 0.2) is 6.29 Å². The minimum atomic E-state index is 0.485. The summed E-state index contributed by atoms with van der Waals surface area (Å²) < 4.78 is 0. The van der Waals surface area contributed by atoms with Gasteiger partial charge in [-0.25, -0.2) is 0 Å². The van der Waals surface area contributed by atoms with E-state index in [4.69, 9.17) is 0 Å². The van der Waals surface area contributed by atoms with Crippen molar-refractivity contribution in [1.29, 1.82) is 0 Å². The average Bonchev–Trinajstić information content (AvgIpc) is 2.03. The second kappa shape index (κ2) is 3.34. The van der Waals surface area contributed by atoms with E-state index in [0.29, 0.717) is 5.69 Å². The molecule has 0 aliphatic rings. The lowest BCUT2D eigenvalue weighted by Gasteiger charge is -2.12. The lowest BCUT2D eigenvalue weighted by atomic mass is 10.2. The molecule has 0 amide bonds. The highest BCUT2D eigenvalue weighted by atomic mass is 16.1. The first-order chi connectivity index (χ1) is 5.63. The highest BCUT2D eigenvalue weighted by molar-refractivity contribution is 5.74. The van der Waals surface area contributed by atoms with Crippen molar-refractivity contribution in [2.75, 3.05) is 19.0 Å². The first kappa shape index (κ1) is 8.71. The number of anilines is 1. The molecule has 0 spiro atoms. The average molecular weight is 164 g/mol. The zero-order valence-corrected chi connectivity index (χ0v) is 7.53. The van der Waals surface area contributed by atoms with E-state index in [2.05, 4.69) is 4.98 Å². The zero-order chi connectivity index (χ0) is 9.14. The Labute approximate surface area is 72.0 Å². The Morgan fingerprint density at radius 2 is 2.08 bits per heavy atom. The molecule has 0 saturated heterocycles. The number of nitrogens with zero attached hydrogens (tertiary/aromatic N) is 2. The van der Waals surface area contributed by atoms with E-state index in [-0.39, 0.29) is 0 Å². The Morgan fingerprint density at radius 3 is 2.58 bits per heavy atom. The quantitative estimate of drug-likeness (QED) is 0.617. The van der Waals surface area contributed by atoms with Crippen molar-refractivity contribution >= 4 is 12.0 Å². The summed E-state index contributed by atoms with van der Waals surface area (Å²) in [5.41, 5.74) is 2.35. The van der Waals surface area contributed by atoms with E-state index >= 15 is 0 Å². The molecule has 1 aromatic rings. The lowest BCUT2D eigenvalue weighted by Crippen LogP contribution is -2.09. The van der Waals surface area contributed by atoms with Gasteiger partial charge in [-0.1, -0.05) is 0 Å². The molecule has 1 rings (SSSR count). The van der Waals surface area contributed by atoms with E-state index in [9.17, 15) is 4.79 Å². The number of rotatable bonds is 2. The van der Waals surface area contributed by atoms with Crippen molar-refractivity contribution in [1.82, 2.24) is 4.98 Å². The topological polar surface area (TPSA) is 33.2 Å². The normalized spacial score (nSPS) is 9.58. The van der Waals surface area contributed by atoms with Crippen LogP contribution in [-0.2, 0) is 0 Å². The van der Waals surface area contributed by atoms with Crippen LogP contribution in [0, 0.1) is 6.92 Å². The smallest absolute Gasteiger partial charge is 0.168 e. The molecule has 3 heteroatoms. The predicted octanol–water partition coefficient (Wildman–Crippen LogP) is 1.27. The number of aromatic nitrogens is 1. The first-order valence-corrected chi connectivity index (χ1v) is 3.74. The van der Waals surface area contributed by atoms with Crippen LogP contribution in [0.5, 0.6) is 0 Å². The van der Waals surface area contributed by atoms with Gasteiger partial charge in [0.2, 0.25) is 0 Å². The predicted molar refractivity (Wildman–Crippen MR) is 48.7 cm³/mol. The Hall–Kier alpha value is -1.38. The molecule has 1 heterocycles. The van der Waals surface area contributed by atoms with Crippen LogP contribution in [0.25, 0.3) is 0 Å². The Morgan fingerprint density at radius 1 is 1.42 bits per heavy atom. The number of hydrogen-bond donors (Lipinski definition) is 0. The van der Waals surface area contributed by atoms with E-state index in [1.807, 2.05) is 32.0 Å². The maximum Gasteiger partial charge on any atom is 0.168 e. The molecular formula is C9H12N2O. The molecular weight excluding hydrogens is 152 g/mol. The van der Waals surface area contributed by atoms with Gasteiger partial charge in [0.25, 0.3) is 0 Å². The fraction of sp³-hybridized carbons (Fsp3) is 0.333. The molecule has 0 atom stereocenters. The van der Waals surface area contributed by atoms with Crippen LogP contribution in [0.2, 0.25) is 0 Å². The molecule has 1 aromatic heterocycles. The van der Waals surface area contributed by atoms with E-state index in [1.165, 1.54) is 0 Å². The van der Waals surface area contributed by atoms with E-state index < -0.39 is 0 Å². The van der Waals surface area contributed by atoms with Crippen molar-refractivity contribution in [3.63, 3.8) is 0 Å². The third-order valence-corrected chi connectivity index (χ3v) is 1.60. The molecule has 0 fully saturated rings. The van der Waals surface area contributed by atoms with Crippen LogP contribution in [0.15, 0.2) is 12.1 Å². The number of carbonyl (C=O) groups excluding carboxylic acids is 1. The van der Waals surface area contributed by atoms with Crippen molar-refractivity contribution in [2.45, 2.75) is 6.92 Å². The number of aldehydes is 1. The SMILES string of the molecule is Cc1cc(N(C)C)cc(C=O)n1. The molecule has 0 aliphatic heterocycles. The number of pyridine rings is 1. The minimum Gasteiger partial charge on any atom is -0.378 e. The summed E-state index contributed by atoms with van der Waals surface area (Å²) in [5, 5.41) is 0. The van der Waals surface area contributed by atoms with Gasteiger partial charge in [-0.3, -0.25) is 9.78 Å². The Bertz CT molecular complexity index is 295. The second-order valence-corrected chi connectivity index (χ2v) is 2.90. The number of carbonyl (C=O) groups is 1. The highest BCUT2D eigenvalue weighted by Crippen LogP contribution is 2.12. The van der Waals surface area contributed by atoms with Gasteiger partial charge in [-0.2, -0.15) is 0 Å². The summed E-state index contributed by atoms with van der Waals surface area (Å²) in [6, 6.07) is 3.70. The molecule has 0 saturated carbocycles. The fourth-order valence-corrected chi connectivity index (χ4v) is 0.994. The lowest BCUT2D eigenvalue weighted by molar-refractivity contribution is 0.111. The van der Waals surface area contributed by atoms with Crippen LogP contribution in [-0.4, -0.2) is 25.4 Å². The molecule has 0 unspecified atom stereocenters. The van der Waals surface area contributed by atoms with Crippen molar-refractivity contribution in [2.24, 2.45) is 0 Å². The van der Waals surface area contributed by atoms with Crippen LogP contribution in [0.3, 0.4) is 0 Å². The Kier molecular flexibility index (Phi) is 2.43. The van der Waals surface area contributed by atoms with Gasteiger partial charge < -0.3 is 4.90 Å². The molecule has 0 radical (unpaired) electrons. The second-order valence-electron chi connectivity index (χ2n) is 2.90. The van der Waals surface area contributed by atoms with Crippen LogP contribution >= 0.6 is 0 Å².